The average molecular weight is 344 g/mol. The third kappa shape index (κ3) is 18.8. The van der Waals surface area contributed by atoms with Crippen LogP contribution in [0.2, 0.25) is 0 Å². The summed E-state index contributed by atoms with van der Waals surface area (Å²) >= 11 is 17.3. The summed E-state index contributed by atoms with van der Waals surface area (Å²) in [4.78, 5) is 0. The normalized spacial score (nSPS) is 12.4. The molecule has 0 heterocycles. The highest BCUT2D eigenvalue weighted by Gasteiger charge is 2.19. The minimum atomic E-state index is -2.52. The van der Waals surface area contributed by atoms with E-state index in [0.29, 0.717) is 0 Å². The molecule has 0 amide bonds. The van der Waals surface area contributed by atoms with Crippen molar-refractivity contribution in [3.8, 4) is 0 Å². The van der Waals surface area contributed by atoms with E-state index in [1.54, 1.807) is 5.70 Å². The molecule has 0 aromatic rings. The van der Waals surface area contributed by atoms with E-state index in [1.807, 2.05) is 6.08 Å². The molecule has 4 heteroatoms. The molecule has 0 unspecified atom stereocenters. The van der Waals surface area contributed by atoms with Crippen LogP contribution in [0.1, 0.15) is 84.0 Å². The van der Waals surface area contributed by atoms with Gasteiger partial charge in [0.15, 0.2) is 0 Å². The van der Waals surface area contributed by atoms with Crippen molar-refractivity contribution in [2.45, 2.75) is 84.0 Å². The highest BCUT2D eigenvalue weighted by Crippen LogP contribution is 2.21. The van der Waals surface area contributed by atoms with E-state index in [4.69, 9.17) is 33.2 Å². The van der Waals surface area contributed by atoms with Crippen LogP contribution in [0.15, 0.2) is 11.8 Å². The van der Waals surface area contributed by atoms with E-state index < -0.39 is 6.00 Å². The zero-order valence-electron chi connectivity index (χ0n) is 12.3. The molecular formula is C15H29Cl3Si. The first-order valence-corrected chi connectivity index (χ1v) is 12.9. The quantitative estimate of drug-likeness (QED) is 0.185. The van der Waals surface area contributed by atoms with Gasteiger partial charge in [-0.3, -0.25) is 0 Å². The molecule has 0 radical (unpaired) electrons. The second kappa shape index (κ2) is 13.8. The highest BCUT2D eigenvalue weighted by atomic mass is 35.8. The fourth-order valence-electron chi connectivity index (χ4n) is 2.14. The van der Waals surface area contributed by atoms with E-state index in [0.717, 1.165) is 6.42 Å². The second-order valence-corrected chi connectivity index (χ2v) is 13.8. The fraction of sp³-hybridized carbons (Fsp3) is 0.867. The molecule has 114 valence electrons. The molecule has 0 aliphatic carbocycles. The van der Waals surface area contributed by atoms with E-state index in [2.05, 4.69) is 6.92 Å². The summed E-state index contributed by atoms with van der Waals surface area (Å²) in [6.45, 7) is 2.27. The largest absolute Gasteiger partial charge is 0.365 e. The number of unbranched alkanes of at least 4 members (excludes halogenated alkanes) is 11. The van der Waals surface area contributed by atoms with Crippen molar-refractivity contribution in [1.29, 1.82) is 0 Å². The fourth-order valence-corrected chi connectivity index (χ4v) is 3.38. The summed E-state index contributed by atoms with van der Waals surface area (Å²) in [6.07, 6.45) is 18.2. The van der Waals surface area contributed by atoms with Gasteiger partial charge in [-0.05, 0) is 12.8 Å². The lowest BCUT2D eigenvalue weighted by Crippen LogP contribution is -2.02. The smallest absolute Gasteiger partial charge is 0.121 e. The van der Waals surface area contributed by atoms with E-state index in [-0.39, 0.29) is 0 Å². The first-order valence-electron chi connectivity index (χ1n) is 7.80. The SMILES string of the molecule is CCCCCCCCCCCCCC=C[Si](Cl)(Cl)Cl. The van der Waals surface area contributed by atoms with Gasteiger partial charge in [-0.1, -0.05) is 82.9 Å². The monoisotopic (exact) mass is 342 g/mol. The predicted octanol–water partition coefficient (Wildman–Crippen LogP) is 7.44. The van der Waals surface area contributed by atoms with Gasteiger partial charge in [0.2, 0.25) is 0 Å². The Morgan fingerprint density at radius 2 is 1.11 bits per heavy atom. The van der Waals surface area contributed by atoms with Crippen LogP contribution < -0.4 is 0 Å². The lowest BCUT2D eigenvalue weighted by molar-refractivity contribution is 0.550. The molecular weight excluding hydrogens is 315 g/mol. The molecule has 0 nitrogen and oxygen atoms in total. The van der Waals surface area contributed by atoms with Crippen molar-refractivity contribution < 1.29 is 0 Å². The minimum Gasteiger partial charge on any atom is -0.121 e. The van der Waals surface area contributed by atoms with Crippen LogP contribution in [0, 0.1) is 0 Å². The summed E-state index contributed by atoms with van der Waals surface area (Å²) in [7, 11) is 0. The Balaban J connectivity index is 3.09. The molecule has 0 aromatic heterocycles. The average Bonchev–Trinajstić information content (AvgIpc) is 2.34. The Morgan fingerprint density at radius 1 is 0.684 bits per heavy atom. The molecule has 0 saturated carbocycles. The summed E-state index contributed by atoms with van der Waals surface area (Å²) < 4.78 is 0. The standard InChI is InChI=1S/C15H29Cl3Si/c1-2-3-4-5-6-7-8-9-10-11-12-13-14-15-19(16,17)18/h14-15H,2-13H2,1H3. The third-order valence-electron chi connectivity index (χ3n) is 3.28. The van der Waals surface area contributed by atoms with Crippen LogP contribution in [0.5, 0.6) is 0 Å². The maximum Gasteiger partial charge on any atom is 0.365 e. The number of hydrogen-bond donors (Lipinski definition) is 0. The zero-order valence-corrected chi connectivity index (χ0v) is 15.5. The zero-order chi connectivity index (χ0) is 14.4. The Hall–Kier alpha value is 0.827. The summed E-state index contributed by atoms with van der Waals surface area (Å²) in [5, 5.41) is 0. The molecule has 0 saturated heterocycles. The van der Waals surface area contributed by atoms with Gasteiger partial charge in [0.25, 0.3) is 0 Å². The number of allylic oxidation sites excluding steroid dienone is 1. The van der Waals surface area contributed by atoms with Crippen molar-refractivity contribution in [1.82, 2.24) is 0 Å². The van der Waals surface area contributed by atoms with Crippen molar-refractivity contribution in [3.05, 3.63) is 11.8 Å². The second-order valence-electron chi connectivity index (χ2n) is 5.27. The Bertz CT molecular complexity index is 212. The lowest BCUT2D eigenvalue weighted by atomic mass is 10.1. The maximum absolute atomic E-state index is 5.76. The van der Waals surface area contributed by atoms with Gasteiger partial charge in [-0.25, -0.2) is 0 Å². The van der Waals surface area contributed by atoms with Crippen molar-refractivity contribution in [2.24, 2.45) is 0 Å². The lowest BCUT2D eigenvalue weighted by Gasteiger charge is -2.02. The summed E-state index contributed by atoms with van der Waals surface area (Å²) in [5.41, 5.74) is 1.79. The van der Waals surface area contributed by atoms with Crippen LogP contribution in [0.25, 0.3) is 0 Å². The molecule has 0 atom stereocenters. The molecule has 0 spiro atoms. The number of halogens is 3. The first-order chi connectivity index (χ1) is 9.06. The van der Waals surface area contributed by atoms with Gasteiger partial charge in [0, 0.05) is 0 Å². The van der Waals surface area contributed by atoms with Gasteiger partial charge in [-0.2, -0.15) is 0 Å². The molecule has 0 rings (SSSR count). The Morgan fingerprint density at radius 3 is 1.53 bits per heavy atom. The number of rotatable bonds is 13. The van der Waals surface area contributed by atoms with Gasteiger partial charge < -0.3 is 0 Å². The molecule has 0 aromatic carbocycles. The van der Waals surface area contributed by atoms with Gasteiger partial charge >= 0.3 is 6.00 Å². The van der Waals surface area contributed by atoms with Gasteiger partial charge in [-0.15, -0.1) is 33.2 Å². The minimum absolute atomic E-state index is 1.05. The van der Waals surface area contributed by atoms with Crippen molar-refractivity contribution >= 4 is 39.2 Å². The van der Waals surface area contributed by atoms with E-state index >= 15 is 0 Å². The summed E-state index contributed by atoms with van der Waals surface area (Å²) in [6, 6.07) is -2.52. The maximum atomic E-state index is 5.76. The van der Waals surface area contributed by atoms with Gasteiger partial charge in [0.05, 0.1) is 0 Å². The number of hydrogen-bond acceptors (Lipinski definition) is 0. The van der Waals surface area contributed by atoms with Crippen LogP contribution >= 0.6 is 33.2 Å². The van der Waals surface area contributed by atoms with E-state index in [1.165, 1.54) is 70.6 Å². The molecule has 0 fully saturated rings. The summed E-state index contributed by atoms with van der Waals surface area (Å²) in [5.74, 6) is 0. The first kappa shape index (κ1) is 19.8. The Labute approximate surface area is 135 Å². The third-order valence-corrected chi connectivity index (χ3v) is 5.03. The van der Waals surface area contributed by atoms with Crippen molar-refractivity contribution in [2.75, 3.05) is 0 Å². The molecule has 0 N–H and O–H groups in total. The molecule has 0 bridgehead atoms. The van der Waals surface area contributed by atoms with Crippen LogP contribution in [-0.4, -0.2) is 6.00 Å². The topological polar surface area (TPSA) is 0 Å². The van der Waals surface area contributed by atoms with Crippen LogP contribution in [-0.2, 0) is 0 Å². The van der Waals surface area contributed by atoms with Crippen LogP contribution in [0.3, 0.4) is 0 Å². The van der Waals surface area contributed by atoms with E-state index in [9.17, 15) is 0 Å². The molecule has 19 heavy (non-hydrogen) atoms. The van der Waals surface area contributed by atoms with Crippen LogP contribution in [0.4, 0.5) is 0 Å². The Kier molecular flexibility index (Phi) is 14.4. The van der Waals surface area contributed by atoms with Crippen molar-refractivity contribution in [3.63, 3.8) is 0 Å². The predicted molar refractivity (Wildman–Crippen MR) is 93.5 cm³/mol. The van der Waals surface area contributed by atoms with Gasteiger partial charge in [0.1, 0.15) is 0 Å². The molecule has 0 aliphatic rings. The highest BCUT2D eigenvalue weighted by molar-refractivity contribution is 7.66. The molecule has 0 aliphatic heterocycles.